The van der Waals surface area contributed by atoms with E-state index in [0.717, 1.165) is 19.4 Å². The number of hydrogen-bond donors (Lipinski definition) is 1. The average Bonchev–Trinajstić information content (AvgIpc) is 3.13. The van der Waals surface area contributed by atoms with Gasteiger partial charge >= 0.3 is 5.97 Å². The minimum atomic E-state index is -0.895. The van der Waals surface area contributed by atoms with Crippen molar-refractivity contribution in [1.82, 2.24) is 10.2 Å². The zero-order valence-corrected chi connectivity index (χ0v) is 14.2. The van der Waals surface area contributed by atoms with Gasteiger partial charge in [0.05, 0.1) is 11.7 Å². The Kier molecular flexibility index (Phi) is 4.62. The quantitative estimate of drug-likeness (QED) is 0.760. The number of carbonyl (C=O) groups is 3. The molecular weight excluding hydrogens is 312 g/mol. The molecule has 3 aliphatic heterocycles. The lowest BCUT2D eigenvalue weighted by Crippen LogP contribution is -2.50. The minimum Gasteiger partial charge on any atom is -0.450 e. The van der Waals surface area contributed by atoms with Gasteiger partial charge in [0.15, 0.2) is 0 Å². The highest BCUT2D eigenvalue weighted by Gasteiger charge is 2.51. The maximum Gasteiger partial charge on any atom is 0.335 e. The van der Waals surface area contributed by atoms with Crippen LogP contribution in [0.4, 0.5) is 0 Å². The smallest absolute Gasteiger partial charge is 0.335 e. The van der Waals surface area contributed by atoms with E-state index in [1.807, 2.05) is 0 Å². The van der Waals surface area contributed by atoms with Crippen LogP contribution in [-0.4, -0.2) is 60.6 Å². The second kappa shape index (κ2) is 6.55. The van der Waals surface area contributed by atoms with Crippen LogP contribution in [0.1, 0.15) is 39.5 Å². The molecule has 7 heteroatoms. The van der Waals surface area contributed by atoms with Crippen molar-refractivity contribution in [2.45, 2.75) is 51.2 Å². The van der Waals surface area contributed by atoms with E-state index in [9.17, 15) is 14.4 Å². The van der Waals surface area contributed by atoms with Crippen LogP contribution in [0.2, 0.25) is 0 Å². The van der Waals surface area contributed by atoms with Crippen molar-refractivity contribution in [3.05, 3.63) is 11.1 Å². The van der Waals surface area contributed by atoms with Crippen LogP contribution >= 0.6 is 0 Å². The molecule has 1 spiro atoms. The van der Waals surface area contributed by atoms with E-state index in [1.165, 1.54) is 6.92 Å². The highest BCUT2D eigenvalue weighted by molar-refractivity contribution is 6.07. The van der Waals surface area contributed by atoms with Crippen molar-refractivity contribution < 1.29 is 23.9 Å². The van der Waals surface area contributed by atoms with Gasteiger partial charge in [-0.05, 0) is 19.8 Å². The Labute approximate surface area is 141 Å². The fourth-order valence-electron chi connectivity index (χ4n) is 3.76. The van der Waals surface area contributed by atoms with Crippen molar-refractivity contribution in [2.75, 3.05) is 26.2 Å². The molecule has 2 fully saturated rings. The maximum atomic E-state index is 12.7. The van der Waals surface area contributed by atoms with Crippen LogP contribution < -0.4 is 5.32 Å². The zero-order chi connectivity index (χ0) is 17.3. The summed E-state index contributed by atoms with van der Waals surface area (Å²) in [5, 5.41) is 2.89. The lowest BCUT2D eigenvalue weighted by molar-refractivity contribution is -0.152. The highest BCUT2D eigenvalue weighted by Crippen LogP contribution is 2.41. The molecule has 1 atom stereocenters. The largest absolute Gasteiger partial charge is 0.450 e. The number of esters is 1. The first-order chi connectivity index (χ1) is 11.4. The van der Waals surface area contributed by atoms with E-state index in [2.05, 4.69) is 5.32 Å². The molecule has 1 N–H and O–H groups in total. The predicted octanol–water partition coefficient (Wildman–Crippen LogP) is 0.536. The third-order valence-electron chi connectivity index (χ3n) is 5.18. The number of amides is 2. The minimum absolute atomic E-state index is 0.000686. The highest BCUT2D eigenvalue weighted by atomic mass is 16.6. The summed E-state index contributed by atoms with van der Waals surface area (Å²) in [6.07, 6.45) is 2.90. The van der Waals surface area contributed by atoms with E-state index >= 15 is 0 Å². The van der Waals surface area contributed by atoms with Crippen LogP contribution in [0.15, 0.2) is 11.1 Å². The molecule has 0 saturated carbocycles. The lowest BCUT2D eigenvalue weighted by Gasteiger charge is -2.39. The molecule has 0 aromatic heterocycles. The second-order valence-corrected chi connectivity index (χ2v) is 6.73. The maximum absolute atomic E-state index is 12.7. The Morgan fingerprint density at radius 3 is 2.62 bits per heavy atom. The number of ether oxygens (including phenoxy) is 2. The molecule has 0 bridgehead atoms. The molecule has 0 radical (unpaired) electrons. The molecule has 2 amide bonds. The van der Waals surface area contributed by atoms with Crippen LogP contribution in [-0.2, 0) is 23.9 Å². The first-order valence-electron chi connectivity index (χ1n) is 8.53. The van der Waals surface area contributed by atoms with Gasteiger partial charge in [0.1, 0.15) is 5.60 Å². The van der Waals surface area contributed by atoms with Gasteiger partial charge in [-0.25, -0.2) is 4.79 Å². The molecule has 132 valence electrons. The number of nitrogens with one attached hydrogen (secondary N) is 1. The topological polar surface area (TPSA) is 84.9 Å². The Morgan fingerprint density at radius 1 is 1.33 bits per heavy atom. The number of carbonyl (C=O) groups excluding carboxylic acids is 3. The van der Waals surface area contributed by atoms with Gasteiger partial charge in [0.2, 0.25) is 5.91 Å². The van der Waals surface area contributed by atoms with Gasteiger partial charge < -0.3 is 19.7 Å². The Morgan fingerprint density at radius 2 is 2.04 bits per heavy atom. The molecule has 7 nitrogen and oxygen atoms in total. The van der Waals surface area contributed by atoms with Crippen LogP contribution in [0.5, 0.6) is 0 Å². The van der Waals surface area contributed by atoms with E-state index in [1.54, 1.807) is 11.8 Å². The molecule has 0 aliphatic carbocycles. The van der Waals surface area contributed by atoms with E-state index in [-0.39, 0.29) is 17.9 Å². The summed E-state index contributed by atoms with van der Waals surface area (Å²) in [6.45, 7) is 5.30. The monoisotopic (exact) mass is 336 g/mol. The Bertz CT molecular complexity index is 584. The molecule has 3 aliphatic rings. The number of likely N-dealkylation sites (tertiary alicyclic amines) is 1. The summed E-state index contributed by atoms with van der Waals surface area (Å²) in [5.41, 5.74) is -0.0990. The van der Waals surface area contributed by atoms with Crippen LogP contribution in [0.3, 0.4) is 0 Å². The zero-order valence-electron chi connectivity index (χ0n) is 14.2. The number of nitrogens with zero attached hydrogens (tertiary/aromatic N) is 1. The first kappa shape index (κ1) is 17.0. The summed E-state index contributed by atoms with van der Waals surface area (Å²) in [7, 11) is 0. The van der Waals surface area contributed by atoms with E-state index < -0.39 is 11.6 Å². The van der Waals surface area contributed by atoms with Crippen molar-refractivity contribution in [1.29, 1.82) is 0 Å². The number of hydrogen-bond acceptors (Lipinski definition) is 5. The number of piperidine rings is 1. The third-order valence-corrected chi connectivity index (χ3v) is 5.18. The molecule has 0 aromatic rings. The van der Waals surface area contributed by atoms with E-state index in [4.69, 9.17) is 9.47 Å². The normalized spacial score (nSPS) is 26.0. The Balaban J connectivity index is 1.72. The second-order valence-electron chi connectivity index (χ2n) is 6.73. The van der Waals surface area contributed by atoms with Crippen molar-refractivity contribution in [3.63, 3.8) is 0 Å². The molecule has 24 heavy (non-hydrogen) atoms. The lowest BCUT2D eigenvalue weighted by atomic mass is 9.82. The summed E-state index contributed by atoms with van der Waals surface area (Å²) < 4.78 is 11.1. The summed E-state index contributed by atoms with van der Waals surface area (Å²) in [6, 6.07) is 0. The van der Waals surface area contributed by atoms with Gasteiger partial charge in [0.25, 0.3) is 5.91 Å². The van der Waals surface area contributed by atoms with Crippen molar-refractivity contribution in [2.24, 2.45) is 0 Å². The van der Waals surface area contributed by atoms with Crippen LogP contribution in [0.25, 0.3) is 0 Å². The molecular formula is C17H24N2O5. The van der Waals surface area contributed by atoms with Crippen molar-refractivity contribution >= 4 is 17.8 Å². The third kappa shape index (κ3) is 3.05. The van der Waals surface area contributed by atoms with Gasteiger partial charge in [-0.3, -0.25) is 9.59 Å². The van der Waals surface area contributed by atoms with E-state index in [0.29, 0.717) is 43.6 Å². The summed E-state index contributed by atoms with van der Waals surface area (Å²) in [4.78, 5) is 38.0. The number of rotatable bonds is 3. The standard InChI is InChI=1S/C17H24N2O5/c1-11-14(15(21)18-10-13-4-3-9-23-13)17(24-16(11)22)5-7-19(8-6-17)12(2)20/h13H,3-10H2,1-2H3,(H,18,21). The average molecular weight is 336 g/mol. The molecule has 3 rings (SSSR count). The fraction of sp³-hybridized carbons (Fsp3) is 0.706. The predicted molar refractivity (Wildman–Crippen MR) is 85.0 cm³/mol. The molecule has 2 saturated heterocycles. The van der Waals surface area contributed by atoms with Gasteiger partial charge in [-0.15, -0.1) is 0 Å². The summed E-state index contributed by atoms with van der Waals surface area (Å²) in [5.74, 6) is -0.696. The summed E-state index contributed by atoms with van der Waals surface area (Å²) >= 11 is 0. The van der Waals surface area contributed by atoms with Gasteiger partial charge in [-0.2, -0.15) is 0 Å². The first-order valence-corrected chi connectivity index (χ1v) is 8.53. The molecule has 1 unspecified atom stereocenters. The van der Waals surface area contributed by atoms with Crippen LogP contribution in [0, 0.1) is 0 Å². The Hall–Kier alpha value is -1.89. The van der Waals surface area contributed by atoms with Gasteiger partial charge in [-0.1, -0.05) is 0 Å². The SMILES string of the molecule is CC(=O)N1CCC2(CC1)OC(=O)C(C)=C2C(=O)NCC1CCCO1. The van der Waals surface area contributed by atoms with Gasteiger partial charge in [0, 0.05) is 51.6 Å². The molecule has 0 aromatic carbocycles. The fourth-order valence-corrected chi connectivity index (χ4v) is 3.76. The van der Waals surface area contributed by atoms with Crippen molar-refractivity contribution in [3.8, 4) is 0 Å². The molecule has 3 heterocycles.